The minimum absolute atomic E-state index is 0.00599. The number of hydrogen-bond donors (Lipinski definition) is 2. The molecule has 2 N–H and O–H groups in total. The normalized spacial score (nSPS) is 23.3. The van der Waals surface area contributed by atoms with Crippen LogP contribution in [0.5, 0.6) is 0 Å². The van der Waals surface area contributed by atoms with Crippen LogP contribution >= 0.6 is 0 Å². The number of rotatable bonds is 3. The lowest BCUT2D eigenvalue weighted by Crippen LogP contribution is -2.34. The molecular weight excluding hydrogens is 274 g/mol. The van der Waals surface area contributed by atoms with Crippen molar-refractivity contribution in [1.82, 2.24) is 9.97 Å². The van der Waals surface area contributed by atoms with Gasteiger partial charge in [0.25, 0.3) is 0 Å². The number of aromatic amines is 1. The Kier molecular flexibility index (Phi) is 3.20. The highest BCUT2D eigenvalue weighted by Crippen LogP contribution is 2.28. The molecule has 108 valence electrons. The van der Waals surface area contributed by atoms with Crippen molar-refractivity contribution >= 4 is 26.6 Å². The van der Waals surface area contributed by atoms with Crippen molar-refractivity contribution in [3.05, 3.63) is 24.0 Å². The first kappa shape index (κ1) is 13.4. The summed E-state index contributed by atoms with van der Waals surface area (Å²) in [7, 11) is -2.99. The monoisotopic (exact) mass is 293 g/mol. The quantitative estimate of drug-likeness (QED) is 0.910. The fourth-order valence-electron chi connectivity index (χ4n) is 3.04. The minimum Gasteiger partial charge on any atom is -0.381 e. The van der Waals surface area contributed by atoms with Crippen LogP contribution in [0, 0.1) is 6.92 Å². The summed E-state index contributed by atoms with van der Waals surface area (Å²) in [5, 5.41) is 3.10. The van der Waals surface area contributed by atoms with Gasteiger partial charge in [-0.1, -0.05) is 0 Å². The van der Waals surface area contributed by atoms with E-state index in [1.807, 2.05) is 25.1 Å². The molecule has 1 aliphatic rings. The molecule has 3 rings (SSSR count). The van der Waals surface area contributed by atoms with Crippen LogP contribution in [0.4, 0.5) is 5.69 Å². The second kappa shape index (κ2) is 4.77. The first-order valence-corrected chi connectivity index (χ1v) is 8.81. The van der Waals surface area contributed by atoms with Gasteiger partial charge in [0.2, 0.25) is 0 Å². The molecule has 0 saturated heterocycles. The molecule has 0 spiro atoms. The molecule has 20 heavy (non-hydrogen) atoms. The van der Waals surface area contributed by atoms with E-state index in [0.29, 0.717) is 0 Å². The molecule has 1 aromatic carbocycles. The summed E-state index contributed by atoms with van der Waals surface area (Å²) in [5.41, 5.74) is 2.85. The third-order valence-electron chi connectivity index (χ3n) is 3.95. The van der Waals surface area contributed by atoms with Crippen molar-refractivity contribution in [3.8, 4) is 0 Å². The van der Waals surface area contributed by atoms with Gasteiger partial charge in [0, 0.05) is 18.0 Å². The number of nitrogens with zero attached hydrogens (tertiary/aromatic N) is 1. The number of aromatic nitrogens is 2. The number of hydrogen-bond acceptors (Lipinski definition) is 4. The lowest BCUT2D eigenvalue weighted by molar-refractivity contribution is 0.579. The molecule has 1 saturated carbocycles. The van der Waals surface area contributed by atoms with Gasteiger partial charge in [-0.3, -0.25) is 0 Å². The van der Waals surface area contributed by atoms with Crippen LogP contribution < -0.4 is 5.32 Å². The third kappa shape index (κ3) is 2.52. The summed E-state index contributed by atoms with van der Waals surface area (Å²) < 4.78 is 23.6. The van der Waals surface area contributed by atoms with E-state index >= 15 is 0 Å². The highest BCUT2D eigenvalue weighted by Gasteiger charge is 2.34. The van der Waals surface area contributed by atoms with E-state index in [1.54, 1.807) is 0 Å². The fourth-order valence-corrected chi connectivity index (χ4v) is 4.44. The second-order valence-corrected chi connectivity index (χ2v) is 7.87. The molecule has 2 unspecified atom stereocenters. The number of anilines is 1. The Hall–Kier alpha value is -1.56. The van der Waals surface area contributed by atoms with Gasteiger partial charge in [-0.15, -0.1) is 0 Å². The number of sulfone groups is 1. The van der Waals surface area contributed by atoms with E-state index in [2.05, 4.69) is 15.3 Å². The first-order valence-electron chi connectivity index (χ1n) is 6.85. The Bertz CT molecular complexity index is 736. The summed E-state index contributed by atoms with van der Waals surface area (Å²) in [4.78, 5) is 7.56. The van der Waals surface area contributed by atoms with Gasteiger partial charge in [0.1, 0.15) is 5.82 Å². The summed E-state index contributed by atoms with van der Waals surface area (Å²) in [6.45, 7) is 1.92. The SMILES string of the molecule is Cc1nc2ccc(NC3CCCC3S(C)(=O)=O)cc2[nH]1. The van der Waals surface area contributed by atoms with E-state index in [4.69, 9.17) is 0 Å². The van der Waals surface area contributed by atoms with Crippen LogP contribution in [0.25, 0.3) is 11.0 Å². The number of benzene rings is 1. The van der Waals surface area contributed by atoms with Crippen molar-refractivity contribution in [2.24, 2.45) is 0 Å². The van der Waals surface area contributed by atoms with Crippen molar-refractivity contribution in [1.29, 1.82) is 0 Å². The molecule has 1 heterocycles. The highest BCUT2D eigenvalue weighted by molar-refractivity contribution is 7.91. The topological polar surface area (TPSA) is 74.8 Å². The zero-order valence-electron chi connectivity index (χ0n) is 11.7. The number of imidazole rings is 1. The van der Waals surface area contributed by atoms with Gasteiger partial charge in [-0.2, -0.15) is 0 Å². The smallest absolute Gasteiger partial charge is 0.152 e. The lowest BCUT2D eigenvalue weighted by Gasteiger charge is -2.20. The number of H-pyrrole nitrogens is 1. The molecule has 1 aromatic heterocycles. The molecular formula is C14H19N3O2S. The van der Waals surface area contributed by atoms with Crippen LogP contribution in [-0.2, 0) is 9.84 Å². The van der Waals surface area contributed by atoms with Crippen molar-refractivity contribution in [2.45, 2.75) is 37.5 Å². The molecule has 0 radical (unpaired) electrons. The van der Waals surface area contributed by atoms with Crippen LogP contribution in [0.2, 0.25) is 0 Å². The van der Waals surface area contributed by atoms with Gasteiger partial charge in [0.15, 0.2) is 9.84 Å². The predicted molar refractivity (Wildman–Crippen MR) is 80.7 cm³/mol. The zero-order chi connectivity index (χ0) is 14.3. The molecule has 0 bridgehead atoms. The van der Waals surface area contributed by atoms with Crippen molar-refractivity contribution in [3.63, 3.8) is 0 Å². The van der Waals surface area contributed by atoms with Gasteiger partial charge < -0.3 is 10.3 Å². The van der Waals surface area contributed by atoms with Crippen LogP contribution in [0.3, 0.4) is 0 Å². The van der Waals surface area contributed by atoms with Gasteiger partial charge in [-0.05, 0) is 44.4 Å². The van der Waals surface area contributed by atoms with Crippen molar-refractivity contribution in [2.75, 3.05) is 11.6 Å². The number of nitrogens with one attached hydrogen (secondary N) is 2. The first-order chi connectivity index (χ1) is 9.43. The molecule has 5 nitrogen and oxygen atoms in total. The number of aryl methyl sites for hydroxylation is 1. The van der Waals surface area contributed by atoms with Crippen molar-refractivity contribution < 1.29 is 8.42 Å². The molecule has 1 fully saturated rings. The van der Waals surface area contributed by atoms with Gasteiger partial charge in [0.05, 0.1) is 16.3 Å². The maximum atomic E-state index is 11.8. The summed E-state index contributed by atoms with van der Waals surface area (Å²) in [6, 6.07) is 5.91. The average molecular weight is 293 g/mol. The van der Waals surface area contributed by atoms with E-state index in [9.17, 15) is 8.42 Å². The summed E-state index contributed by atoms with van der Waals surface area (Å²) >= 11 is 0. The Morgan fingerprint density at radius 3 is 2.90 bits per heavy atom. The van der Waals surface area contributed by atoms with E-state index in [0.717, 1.165) is 41.8 Å². The zero-order valence-corrected chi connectivity index (χ0v) is 12.5. The highest BCUT2D eigenvalue weighted by atomic mass is 32.2. The predicted octanol–water partition coefficient (Wildman–Crippen LogP) is 2.25. The maximum absolute atomic E-state index is 11.8. The van der Waals surface area contributed by atoms with Crippen LogP contribution in [0.15, 0.2) is 18.2 Å². The molecule has 1 aliphatic carbocycles. The number of fused-ring (bicyclic) bond motifs is 1. The van der Waals surface area contributed by atoms with E-state index in [-0.39, 0.29) is 11.3 Å². The van der Waals surface area contributed by atoms with E-state index < -0.39 is 9.84 Å². The van der Waals surface area contributed by atoms with Crippen LogP contribution in [-0.4, -0.2) is 35.9 Å². The maximum Gasteiger partial charge on any atom is 0.152 e. The lowest BCUT2D eigenvalue weighted by atomic mass is 10.2. The summed E-state index contributed by atoms with van der Waals surface area (Å²) in [6.07, 6.45) is 3.94. The molecule has 2 atom stereocenters. The standard InChI is InChI=1S/C14H19N3O2S/c1-9-15-11-7-6-10(8-13(11)16-9)17-12-4-3-5-14(12)20(2,18)19/h6-8,12,14,17H,3-5H2,1-2H3,(H,15,16). The average Bonchev–Trinajstić information content (AvgIpc) is 2.93. The molecule has 2 aromatic rings. The fraction of sp³-hybridized carbons (Fsp3) is 0.500. The second-order valence-electron chi connectivity index (χ2n) is 5.60. The Morgan fingerprint density at radius 1 is 1.35 bits per heavy atom. The Morgan fingerprint density at radius 2 is 2.15 bits per heavy atom. The third-order valence-corrected chi connectivity index (χ3v) is 5.62. The van der Waals surface area contributed by atoms with Gasteiger partial charge in [-0.25, -0.2) is 13.4 Å². The largest absolute Gasteiger partial charge is 0.381 e. The molecule has 0 aliphatic heterocycles. The minimum atomic E-state index is -2.99. The Labute approximate surface area is 118 Å². The van der Waals surface area contributed by atoms with Crippen LogP contribution in [0.1, 0.15) is 25.1 Å². The Balaban J connectivity index is 1.85. The summed E-state index contributed by atoms with van der Waals surface area (Å²) in [5.74, 6) is 0.882. The van der Waals surface area contributed by atoms with Gasteiger partial charge >= 0.3 is 0 Å². The molecule has 0 amide bonds. The molecule has 6 heteroatoms. The van der Waals surface area contributed by atoms with E-state index in [1.165, 1.54) is 6.26 Å².